The maximum atomic E-state index is 12.3. The molecule has 4 nitrogen and oxygen atoms in total. The van der Waals surface area contributed by atoms with Crippen LogP contribution in [0.25, 0.3) is 0 Å². The first-order valence-corrected chi connectivity index (χ1v) is 25.2. The van der Waals surface area contributed by atoms with E-state index in [0.717, 1.165) is 83.5 Å². The van der Waals surface area contributed by atoms with Gasteiger partial charge in [-0.1, -0.05) is 238 Å². The second kappa shape index (κ2) is 51.1. The number of hydrogen-bond acceptors (Lipinski definition) is 3. The zero-order valence-corrected chi connectivity index (χ0v) is 39.6. The van der Waals surface area contributed by atoms with Crippen molar-refractivity contribution < 1.29 is 15.0 Å². The topological polar surface area (TPSA) is 69.6 Å². The Labute approximate surface area is 378 Å². The minimum atomic E-state index is -0.842. The highest BCUT2D eigenvalue weighted by molar-refractivity contribution is 5.76. The first-order valence-electron chi connectivity index (χ1n) is 25.2. The number of amides is 1. The second-order valence-electron chi connectivity index (χ2n) is 16.5. The lowest BCUT2D eigenvalue weighted by Crippen LogP contribution is -2.45. The predicted octanol–water partition coefficient (Wildman–Crippen LogP) is 16.5. The summed E-state index contributed by atoms with van der Waals surface area (Å²) in [7, 11) is 0. The SMILES string of the molecule is CC/C=C\C/C=C\C/C=C\C/C=C\C/C=C\C/C=C\C/C=C\C/C=C\C/C=C\CCCCCCCCCCCCCCCC(=O)NC(CO)C(O)/C=C/CCCCCCCC. The Morgan fingerprint density at radius 1 is 0.410 bits per heavy atom. The molecule has 0 heterocycles. The van der Waals surface area contributed by atoms with Crippen LogP contribution in [0.1, 0.15) is 213 Å². The molecular formula is C57H95NO3. The highest BCUT2D eigenvalue weighted by atomic mass is 16.3. The van der Waals surface area contributed by atoms with Gasteiger partial charge in [-0.2, -0.15) is 0 Å². The van der Waals surface area contributed by atoms with Gasteiger partial charge in [-0.15, -0.1) is 0 Å². The summed E-state index contributed by atoms with van der Waals surface area (Å²) in [6.45, 7) is 4.14. The summed E-state index contributed by atoms with van der Waals surface area (Å²) in [4.78, 5) is 12.3. The maximum absolute atomic E-state index is 12.3. The van der Waals surface area contributed by atoms with Crippen LogP contribution < -0.4 is 5.32 Å². The van der Waals surface area contributed by atoms with Gasteiger partial charge in [0.25, 0.3) is 0 Å². The van der Waals surface area contributed by atoms with Crippen LogP contribution in [-0.2, 0) is 4.79 Å². The van der Waals surface area contributed by atoms with Crippen molar-refractivity contribution in [3.8, 4) is 0 Å². The molecule has 0 bridgehead atoms. The summed E-state index contributed by atoms with van der Waals surface area (Å²) in [5.41, 5.74) is 0. The number of nitrogens with one attached hydrogen (secondary N) is 1. The van der Waals surface area contributed by atoms with Gasteiger partial charge < -0.3 is 15.5 Å². The molecule has 0 aliphatic heterocycles. The van der Waals surface area contributed by atoms with Gasteiger partial charge in [0.15, 0.2) is 0 Å². The third-order valence-electron chi connectivity index (χ3n) is 10.7. The Balaban J connectivity index is 3.55. The number of carbonyl (C=O) groups excluding carboxylic acids is 1. The molecule has 0 saturated carbocycles. The molecule has 61 heavy (non-hydrogen) atoms. The number of unbranched alkanes of at least 4 members (excludes halogenated alkanes) is 19. The summed E-state index contributed by atoms with van der Waals surface area (Å²) < 4.78 is 0. The lowest BCUT2D eigenvalue weighted by atomic mass is 10.0. The number of carbonyl (C=O) groups is 1. The number of allylic oxidation sites excluding steroid dienone is 19. The average Bonchev–Trinajstić information content (AvgIpc) is 3.26. The number of aliphatic hydroxyl groups is 2. The lowest BCUT2D eigenvalue weighted by molar-refractivity contribution is -0.123. The first kappa shape index (κ1) is 57.8. The van der Waals surface area contributed by atoms with E-state index in [1.54, 1.807) is 6.08 Å². The van der Waals surface area contributed by atoms with E-state index in [2.05, 4.69) is 129 Å². The molecule has 0 fully saturated rings. The van der Waals surface area contributed by atoms with E-state index in [1.165, 1.54) is 109 Å². The second-order valence-corrected chi connectivity index (χ2v) is 16.5. The van der Waals surface area contributed by atoms with Crippen LogP contribution in [0.3, 0.4) is 0 Å². The van der Waals surface area contributed by atoms with Gasteiger partial charge >= 0.3 is 0 Å². The van der Waals surface area contributed by atoms with Crippen molar-refractivity contribution in [3.63, 3.8) is 0 Å². The molecule has 1 amide bonds. The van der Waals surface area contributed by atoms with E-state index in [-0.39, 0.29) is 12.5 Å². The van der Waals surface area contributed by atoms with E-state index >= 15 is 0 Å². The van der Waals surface area contributed by atoms with Crippen LogP contribution in [0.5, 0.6) is 0 Å². The standard InChI is InChI=1S/C57H95NO3/c1-3-5-7-9-11-13-14-15-16-17-18-19-20-21-22-23-24-25-26-27-28-29-30-31-32-33-34-35-36-37-38-39-40-41-42-43-44-45-47-49-51-53-57(61)58-55(54-59)56(60)52-50-48-46-12-10-8-6-4-2/h5,7,11,13,15-16,18-19,21-22,24-25,27-28,30-31,33-34,50,52,55-56,59-60H,3-4,6,8-10,12,14,17,20,23,26,29,32,35-49,51,53-54H2,1-2H3,(H,58,61)/b7-5-,13-11-,16-15-,19-18-,22-21-,25-24-,28-27-,31-30-,34-33-,52-50+. The van der Waals surface area contributed by atoms with E-state index in [9.17, 15) is 15.0 Å². The van der Waals surface area contributed by atoms with Crippen molar-refractivity contribution >= 4 is 5.91 Å². The van der Waals surface area contributed by atoms with Gasteiger partial charge in [0.1, 0.15) is 0 Å². The highest BCUT2D eigenvalue weighted by Crippen LogP contribution is 2.14. The highest BCUT2D eigenvalue weighted by Gasteiger charge is 2.17. The summed E-state index contributed by atoms with van der Waals surface area (Å²) in [6, 6.07) is -0.626. The van der Waals surface area contributed by atoms with Crippen LogP contribution in [0.15, 0.2) is 122 Å². The zero-order chi connectivity index (χ0) is 44.2. The van der Waals surface area contributed by atoms with Crippen LogP contribution in [0, 0.1) is 0 Å². The fourth-order valence-electron chi connectivity index (χ4n) is 6.88. The minimum absolute atomic E-state index is 0.0740. The molecule has 4 heteroatoms. The fourth-order valence-corrected chi connectivity index (χ4v) is 6.88. The molecule has 0 rings (SSSR count). The smallest absolute Gasteiger partial charge is 0.220 e. The maximum Gasteiger partial charge on any atom is 0.220 e. The quantitative estimate of drug-likeness (QED) is 0.0423. The van der Waals surface area contributed by atoms with E-state index < -0.39 is 12.1 Å². The molecule has 0 aromatic heterocycles. The number of rotatable bonds is 44. The number of aliphatic hydroxyl groups excluding tert-OH is 2. The predicted molar refractivity (Wildman–Crippen MR) is 271 cm³/mol. The molecule has 0 aliphatic carbocycles. The monoisotopic (exact) mass is 842 g/mol. The van der Waals surface area contributed by atoms with Crippen molar-refractivity contribution in [2.24, 2.45) is 0 Å². The van der Waals surface area contributed by atoms with E-state index in [1.807, 2.05) is 6.08 Å². The van der Waals surface area contributed by atoms with Crippen molar-refractivity contribution in [3.05, 3.63) is 122 Å². The zero-order valence-electron chi connectivity index (χ0n) is 39.6. The van der Waals surface area contributed by atoms with Crippen LogP contribution in [0.2, 0.25) is 0 Å². The van der Waals surface area contributed by atoms with Crippen LogP contribution in [0.4, 0.5) is 0 Å². The van der Waals surface area contributed by atoms with Crippen molar-refractivity contribution in [2.45, 2.75) is 225 Å². The first-order chi connectivity index (χ1) is 30.2. The summed E-state index contributed by atoms with van der Waals surface area (Å²) >= 11 is 0. The molecule has 2 atom stereocenters. The third kappa shape index (κ3) is 47.7. The Kier molecular flexibility index (Phi) is 48.5. The molecule has 0 spiro atoms. The van der Waals surface area contributed by atoms with Gasteiger partial charge in [0, 0.05) is 6.42 Å². The number of hydrogen-bond donors (Lipinski definition) is 3. The van der Waals surface area contributed by atoms with Gasteiger partial charge in [0.2, 0.25) is 5.91 Å². The molecule has 346 valence electrons. The van der Waals surface area contributed by atoms with Crippen LogP contribution in [-0.4, -0.2) is 34.9 Å². The molecule has 0 aromatic carbocycles. The molecule has 2 unspecified atom stereocenters. The Morgan fingerprint density at radius 2 is 0.721 bits per heavy atom. The van der Waals surface area contributed by atoms with Gasteiger partial charge in [0.05, 0.1) is 18.8 Å². The van der Waals surface area contributed by atoms with Crippen molar-refractivity contribution in [1.29, 1.82) is 0 Å². The molecule has 3 N–H and O–H groups in total. The Bertz CT molecular complexity index is 1230. The molecule has 0 saturated heterocycles. The molecule has 0 aliphatic rings. The fraction of sp³-hybridized carbons (Fsp3) is 0.632. The molecule has 0 aromatic rings. The van der Waals surface area contributed by atoms with Gasteiger partial charge in [-0.25, -0.2) is 0 Å². The Morgan fingerprint density at radius 3 is 1.08 bits per heavy atom. The van der Waals surface area contributed by atoms with E-state index in [4.69, 9.17) is 0 Å². The third-order valence-corrected chi connectivity index (χ3v) is 10.7. The lowest BCUT2D eigenvalue weighted by Gasteiger charge is -2.20. The molecular weight excluding hydrogens is 747 g/mol. The van der Waals surface area contributed by atoms with Gasteiger partial charge in [-0.05, 0) is 89.9 Å². The van der Waals surface area contributed by atoms with Crippen LogP contribution >= 0.6 is 0 Å². The molecule has 0 radical (unpaired) electrons. The average molecular weight is 842 g/mol. The summed E-state index contributed by atoms with van der Waals surface area (Å²) in [6.07, 6.45) is 79.2. The largest absolute Gasteiger partial charge is 0.394 e. The van der Waals surface area contributed by atoms with Crippen molar-refractivity contribution in [2.75, 3.05) is 6.61 Å². The Hall–Kier alpha value is -3.21. The summed E-state index contributed by atoms with van der Waals surface area (Å²) in [5.74, 6) is -0.0740. The van der Waals surface area contributed by atoms with E-state index in [0.29, 0.717) is 6.42 Å². The minimum Gasteiger partial charge on any atom is -0.394 e. The normalized spacial score (nSPS) is 14.0. The summed E-state index contributed by atoms with van der Waals surface area (Å²) in [5, 5.41) is 22.9. The van der Waals surface area contributed by atoms with Gasteiger partial charge in [-0.3, -0.25) is 4.79 Å². The van der Waals surface area contributed by atoms with Crippen molar-refractivity contribution in [1.82, 2.24) is 5.32 Å².